The third-order valence-corrected chi connectivity index (χ3v) is 3.35. The number of ether oxygens (including phenoxy) is 2. The lowest BCUT2D eigenvalue weighted by atomic mass is 9.95. The quantitative estimate of drug-likeness (QED) is 0.932. The molecule has 0 bridgehead atoms. The van der Waals surface area contributed by atoms with E-state index in [1.807, 2.05) is 13.0 Å². The van der Waals surface area contributed by atoms with Crippen LogP contribution in [0.4, 0.5) is 4.39 Å². The van der Waals surface area contributed by atoms with Gasteiger partial charge in [-0.3, -0.25) is 0 Å². The first kappa shape index (κ1) is 14.3. The minimum absolute atomic E-state index is 0.311. The van der Waals surface area contributed by atoms with E-state index < -0.39 is 6.04 Å². The maximum Gasteiger partial charge on any atom is 0.161 e. The Labute approximate surface area is 118 Å². The lowest BCUT2D eigenvalue weighted by molar-refractivity contribution is 0.354. The van der Waals surface area contributed by atoms with Crippen LogP contribution in [0.3, 0.4) is 0 Å². The molecule has 1 atom stereocenters. The van der Waals surface area contributed by atoms with Crippen LogP contribution in [0.5, 0.6) is 11.5 Å². The highest BCUT2D eigenvalue weighted by atomic mass is 19.1. The molecule has 2 aromatic carbocycles. The molecular formula is C16H18FNO2. The topological polar surface area (TPSA) is 44.5 Å². The second-order valence-corrected chi connectivity index (χ2v) is 4.56. The van der Waals surface area contributed by atoms with E-state index in [9.17, 15) is 4.39 Å². The number of hydrogen-bond donors (Lipinski definition) is 1. The zero-order chi connectivity index (χ0) is 14.7. The second kappa shape index (κ2) is 5.92. The molecule has 0 spiro atoms. The maximum atomic E-state index is 13.8. The zero-order valence-electron chi connectivity index (χ0n) is 11.8. The van der Waals surface area contributed by atoms with Crippen molar-refractivity contribution in [2.75, 3.05) is 14.2 Å². The van der Waals surface area contributed by atoms with Crippen molar-refractivity contribution in [2.45, 2.75) is 13.0 Å². The Morgan fingerprint density at radius 1 is 1.00 bits per heavy atom. The van der Waals surface area contributed by atoms with Gasteiger partial charge in [-0.1, -0.05) is 18.2 Å². The highest BCUT2D eigenvalue weighted by Gasteiger charge is 2.18. The van der Waals surface area contributed by atoms with Crippen molar-refractivity contribution in [1.29, 1.82) is 0 Å². The van der Waals surface area contributed by atoms with Gasteiger partial charge in [0, 0.05) is 5.56 Å². The van der Waals surface area contributed by atoms with Crippen molar-refractivity contribution in [3.63, 3.8) is 0 Å². The molecule has 1 unspecified atom stereocenters. The molecule has 0 aliphatic heterocycles. The molecule has 20 heavy (non-hydrogen) atoms. The van der Waals surface area contributed by atoms with Gasteiger partial charge in [-0.25, -0.2) is 4.39 Å². The van der Waals surface area contributed by atoms with Gasteiger partial charge in [-0.2, -0.15) is 0 Å². The van der Waals surface area contributed by atoms with Crippen molar-refractivity contribution in [1.82, 2.24) is 0 Å². The van der Waals surface area contributed by atoms with E-state index >= 15 is 0 Å². The van der Waals surface area contributed by atoms with Gasteiger partial charge in [-0.15, -0.1) is 0 Å². The smallest absolute Gasteiger partial charge is 0.161 e. The molecular weight excluding hydrogens is 257 g/mol. The SMILES string of the molecule is COc1cc(C)c(C(N)c2ccccc2F)cc1OC. The molecule has 0 saturated heterocycles. The van der Waals surface area contributed by atoms with Crippen molar-refractivity contribution in [3.05, 3.63) is 58.9 Å². The van der Waals surface area contributed by atoms with E-state index in [-0.39, 0.29) is 5.82 Å². The van der Waals surface area contributed by atoms with E-state index in [4.69, 9.17) is 15.2 Å². The first-order valence-electron chi connectivity index (χ1n) is 6.31. The maximum absolute atomic E-state index is 13.8. The number of halogens is 1. The fraction of sp³-hybridized carbons (Fsp3) is 0.250. The highest BCUT2D eigenvalue weighted by molar-refractivity contribution is 5.50. The zero-order valence-corrected chi connectivity index (χ0v) is 11.8. The summed E-state index contributed by atoms with van der Waals surface area (Å²) in [5.41, 5.74) is 8.40. The fourth-order valence-corrected chi connectivity index (χ4v) is 2.23. The second-order valence-electron chi connectivity index (χ2n) is 4.56. The van der Waals surface area contributed by atoms with Crippen LogP contribution in [0, 0.1) is 12.7 Å². The van der Waals surface area contributed by atoms with Crippen LogP contribution < -0.4 is 15.2 Å². The summed E-state index contributed by atoms with van der Waals surface area (Å²) in [5.74, 6) is 0.906. The number of aryl methyl sites for hydroxylation is 1. The summed E-state index contributed by atoms with van der Waals surface area (Å²) in [5, 5.41) is 0. The molecule has 3 nitrogen and oxygen atoms in total. The van der Waals surface area contributed by atoms with Gasteiger partial charge < -0.3 is 15.2 Å². The number of hydrogen-bond acceptors (Lipinski definition) is 3. The summed E-state index contributed by atoms with van der Waals surface area (Å²) in [6, 6.07) is 9.61. The summed E-state index contributed by atoms with van der Waals surface area (Å²) >= 11 is 0. The van der Waals surface area contributed by atoms with Crippen molar-refractivity contribution in [2.24, 2.45) is 5.73 Å². The summed E-state index contributed by atoms with van der Waals surface area (Å²) in [4.78, 5) is 0. The lowest BCUT2D eigenvalue weighted by Gasteiger charge is -2.18. The minimum Gasteiger partial charge on any atom is -0.493 e. The van der Waals surface area contributed by atoms with Crippen LogP contribution in [-0.2, 0) is 0 Å². The molecule has 0 saturated carbocycles. The summed E-state index contributed by atoms with van der Waals surface area (Å²) in [6.45, 7) is 1.91. The van der Waals surface area contributed by atoms with Gasteiger partial charge in [0.15, 0.2) is 11.5 Å². The van der Waals surface area contributed by atoms with Gasteiger partial charge in [0.2, 0.25) is 0 Å². The molecule has 0 radical (unpaired) electrons. The van der Waals surface area contributed by atoms with E-state index in [1.165, 1.54) is 6.07 Å². The Bertz CT molecular complexity index is 613. The predicted octanol–water partition coefficient (Wildman–Crippen LogP) is 3.20. The molecule has 2 N–H and O–H groups in total. The Balaban J connectivity index is 2.50. The molecule has 0 aliphatic rings. The highest BCUT2D eigenvalue weighted by Crippen LogP contribution is 2.34. The van der Waals surface area contributed by atoms with Gasteiger partial charge in [0.25, 0.3) is 0 Å². The van der Waals surface area contributed by atoms with Crippen LogP contribution in [0.1, 0.15) is 22.7 Å². The summed E-state index contributed by atoms with van der Waals surface area (Å²) in [6.07, 6.45) is 0. The normalized spacial score (nSPS) is 12.1. The summed E-state index contributed by atoms with van der Waals surface area (Å²) < 4.78 is 24.4. The third kappa shape index (κ3) is 2.60. The van der Waals surface area contributed by atoms with Crippen molar-refractivity contribution >= 4 is 0 Å². The monoisotopic (exact) mass is 275 g/mol. The minimum atomic E-state index is -0.545. The number of methoxy groups -OCH3 is 2. The standard InChI is InChI=1S/C16H18FNO2/c1-10-8-14(19-2)15(20-3)9-12(10)16(18)11-6-4-5-7-13(11)17/h4-9,16H,18H2,1-3H3. The molecule has 0 fully saturated rings. The summed E-state index contributed by atoms with van der Waals surface area (Å²) in [7, 11) is 3.14. The first-order chi connectivity index (χ1) is 9.58. The van der Waals surface area contributed by atoms with E-state index in [0.29, 0.717) is 17.1 Å². The van der Waals surface area contributed by atoms with Crippen LogP contribution in [0.25, 0.3) is 0 Å². The van der Waals surface area contributed by atoms with Crippen LogP contribution in [-0.4, -0.2) is 14.2 Å². The van der Waals surface area contributed by atoms with Crippen LogP contribution in [0.2, 0.25) is 0 Å². The lowest BCUT2D eigenvalue weighted by Crippen LogP contribution is -2.15. The molecule has 106 valence electrons. The van der Waals surface area contributed by atoms with Gasteiger partial charge in [0.05, 0.1) is 20.3 Å². The van der Waals surface area contributed by atoms with Crippen LogP contribution >= 0.6 is 0 Å². The molecule has 0 amide bonds. The first-order valence-corrected chi connectivity index (χ1v) is 6.31. The molecule has 2 rings (SSSR count). The number of benzene rings is 2. The third-order valence-electron chi connectivity index (χ3n) is 3.35. The fourth-order valence-electron chi connectivity index (χ4n) is 2.23. The molecule has 2 aromatic rings. The van der Waals surface area contributed by atoms with E-state index in [0.717, 1.165) is 11.1 Å². The average molecular weight is 275 g/mol. The Kier molecular flexibility index (Phi) is 4.25. The van der Waals surface area contributed by atoms with Gasteiger partial charge in [0.1, 0.15) is 5.82 Å². The van der Waals surface area contributed by atoms with Gasteiger partial charge in [-0.05, 0) is 36.2 Å². The van der Waals surface area contributed by atoms with Crippen molar-refractivity contribution in [3.8, 4) is 11.5 Å². The molecule has 4 heteroatoms. The van der Waals surface area contributed by atoms with Crippen molar-refractivity contribution < 1.29 is 13.9 Å². The Hall–Kier alpha value is -2.07. The molecule has 0 heterocycles. The molecule has 0 aromatic heterocycles. The predicted molar refractivity (Wildman–Crippen MR) is 76.7 cm³/mol. The Morgan fingerprint density at radius 2 is 1.60 bits per heavy atom. The number of rotatable bonds is 4. The van der Waals surface area contributed by atoms with E-state index in [1.54, 1.807) is 38.5 Å². The number of nitrogens with two attached hydrogens (primary N) is 1. The van der Waals surface area contributed by atoms with E-state index in [2.05, 4.69) is 0 Å². The van der Waals surface area contributed by atoms with Crippen LogP contribution in [0.15, 0.2) is 36.4 Å². The average Bonchev–Trinajstić information content (AvgIpc) is 2.46. The van der Waals surface area contributed by atoms with Gasteiger partial charge >= 0.3 is 0 Å². The molecule has 0 aliphatic carbocycles. The largest absolute Gasteiger partial charge is 0.493 e. The Morgan fingerprint density at radius 3 is 2.20 bits per heavy atom.